The van der Waals surface area contributed by atoms with E-state index in [0.29, 0.717) is 0 Å². The molecule has 12 heavy (non-hydrogen) atoms. The van der Waals surface area contributed by atoms with Gasteiger partial charge < -0.3 is 4.98 Å². The number of hydrogen-bond donors (Lipinski definition) is 1. The molecule has 0 aliphatic carbocycles. The summed E-state index contributed by atoms with van der Waals surface area (Å²) in [5.74, 6) is 0. The van der Waals surface area contributed by atoms with Gasteiger partial charge in [0, 0.05) is 12.7 Å². The van der Waals surface area contributed by atoms with Crippen LogP contribution in [0.4, 0.5) is 0 Å². The minimum atomic E-state index is -0.0996. The fourth-order valence-corrected chi connectivity index (χ4v) is 1.23. The highest BCUT2D eigenvalue weighted by molar-refractivity contribution is 5.74. The van der Waals surface area contributed by atoms with E-state index in [1.807, 2.05) is 13.0 Å². The van der Waals surface area contributed by atoms with Crippen LogP contribution >= 0.6 is 0 Å². The van der Waals surface area contributed by atoms with E-state index in [9.17, 15) is 4.79 Å². The summed E-state index contributed by atoms with van der Waals surface area (Å²) >= 11 is 0. The first-order chi connectivity index (χ1) is 5.68. The molecule has 0 fully saturated rings. The van der Waals surface area contributed by atoms with E-state index in [-0.39, 0.29) is 5.69 Å². The number of imidazole rings is 1. The topological polar surface area (TPSA) is 50.7 Å². The normalized spacial score (nSPS) is 10.8. The van der Waals surface area contributed by atoms with Crippen molar-refractivity contribution in [2.45, 2.75) is 6.92 Å². The van der Waals surface area contributed by atoms with Crippen molar-refractivity contribution in [1.82, 2.24) is 14.5 Å². The summed E-state index contributed by atoms with van der Waals surface area (Å²) in [6.07, 6.45) is 1.67. The van der Waals surface area contributed by atoms with Gasteiger partial charge in [0.25, 0.3) is 0 Å². The van der Waals surface area contributed by atoms with E-state index in [1.54, 1.807) is 17.8 Å². The van der Waals surface area contributed by atoms with Gasteiger partial charge in [-0.3, -0.25) is 9.55 Å². The lowest BCUT2D eigenvalue weighted by Crippen LogP contribution is -2.11. The molecule has 0 bridgehead atoms. The Kier molecular flexibility index (Phi) is 1.30. The van der Waals surface area contributed by atoms with Gasteiger partial charge in [-0.15, -0.1) is 0 Å². The van der Waals surface area contributed by atoms with E-state index >= 15 is 0 Å². The van der Waals surface area contributed by atoms with Crippen LogP contribution in [0.2, 0.25) is 0 Å². The van der Waals surface area contributed by atoms with E-state index in [1.165, 1.54) is 0 Å². The average molecular weight is 163 g/mol. The van der Waals surface area contributed by atoms with Crippen molar-refractivity contribution in [1.29, 1.82) is 0 Å². The van der Waals surface area contributed by atoms with E-state index in [4.69, 9.17) is 0 Å². The molecule has 0 spiro atoms. The van der Waals surface area contributed by atoms with Crippen LogP contribution in [0, 0.1) is 6.92 Å². The largest absolute Gasteiger partial charge is 0.326 e. The highest BCUT2D eigenvalue weighted by Gasteiger charge is 2.01. The number of H-pyrrole nitrogens is 1. The van der Waals surface area contributed by atoms with Crippen LogP contribution < -0.4 is 5.69 Å². The van der Waals surface area contributed by atoms with E-state index < -0.39 is 0 Å². The summed E-state index contributed by atoms with van der Waals surface area (Å²) in [4.78, 5) is 17.9. The Morgan fingerprint density at radius 3 is 3.08 bits per heavy atom. The minimum Gasteiger partial charge on any atom is -0.304 e. The molecule has 0 amide bonds. The number of aryl methyl sites for hydroxylation is 2. The third-order valence-electron chi connectivity index (χ3n) is 1.93. The summed E-state index contributed by atoms with van der Waals surface area (Å²) in [7, 11) is 1.74. The van der Waals surface area contributed by atoms with Crippen molar-refractivity contribution in [3.05, 3.63) is 28.4 Å². The van der Waals surface area contributed by atoms with Gasteiger partial charge in [-0.25, -0.2) is 4.79 Å². The minimum absolute atomic E-state index is 0.0996. The molecule has 4 heteroatoms. The summed E-state index contributed by atoms with van der Waals surface area (Å²) in [5.41, 5.74) is 2.50. The maximum atomic E-state index is 11.1. The predicted molar refractivity (Wildman–Crippen MR) is 46.1 cm³/mol. The van der Waals surface area contributed by atoms with Gasteiger partial charge in [0.1, 0.15) is 0 Å². The molecule has 0 atom stereocenters. The number of aromatic amines is 1. The molecule has 0 unspecified atom stereocenters. The molecule has 2 aromatic heterocycles. The maximum absolute atomic E-state index is 11.1. The monoisotopic (exact) mass is 163 g/mol. The maximum Gasteiger partial charge on any atom is 0.326 e. The summed E-state index contributed by atoms with van der Waals surface area (Å²) < 4.78 is 1.57. The Morgan fingerprint density at radius 1 is 1.58 bits per heavy atom. The zero-order valence-corrected chi connectivity index (χ0v) is 6.96. The second-order valence-electron chi connectivity index (χ2n) is 2.83. The first-order valence-corrected chi connectivity index (χ1v) is 3.70. The molecule has 2 aromatic rings. The third kappa shape index (κ3) is 0.845. The van der Waals surface area contributed by atoms with Crippen LogP contribution in [-0.2, 0) is 7.05 Å². The number of fused-ring (bicyclic) bond motifs is 1. The van der Waals surface area contributed by atoms with Crippen LogP contribution in [-0.4, -0.2) is 14.5 Å². The molecular formula is C8H9N3O. The zero-order chi connectivity index (χ0) is 8.72. The molecule has 4 nitrogen and oxygen atoms in total. The Balaban J connectivity index is 2.98. The van der Waals surface area contributed by atoms with Gasteiger partial charge in [0.05, 0.1) is 17.2 Å². The summed E-state index contributed by atoms with van der Waals surface area (Å²) in [5, 5.41) is 0. The lowest BCUT2D eigenvalue weighted by molar-refractivity contribution is 0.891. The predicted octanol–water partition coefficient (Wildman–Crippen LogP) is 0.570. The van der Waals surface area contributed by atoms with Gasteiger partial charge in [0.2, 0.25) is 0 Å². The van der Waals surface area contributed by atoms with E-state index in [2.05, 4.69) is 9.97 Å². The standard InChI is InChI=1S/C8H9N3O/c1-5-3-7-6(4-9-5)10-8(12)11(7)2/h3-4H,1-2H3,(H,10,12). The van der Waals surface area contributed by atoms with Crippen LogP contribution in [0.15, 0.2) is 17.1 Å². The first kappa shape index (κ1) is 7.09. The molecule has 2 rings (SSSR count). The van der Waals surface area contributed by atoms with Gasteiger partial charge in [0.15, 0.2) is 0 Å². The molecule has 0 aliphatic heterocycles. The molecule has 2 heterocycles. The Labute approximate surface area is 68.9 Å². The summed E-state index contributed by atoms with van der Waals surface area (Å²) in [6, 6.07) is 1.88. The molecule has 0 aliphatic rings. The van der Waals surface area contributed by atoms with Crippen LogP contribution in [0.5, 0.6) is 0 Å². The fraction of sp³-hybridized carbons (Fsp3) is 0.250. The van der Waals surface area contributed by atoms with Gasteiger partial charge in [-0.05, 0) is 13.0 Å². The quantitative estimate of drug-likeness (QED) is 0.617. The van der Waals surface area contributed by atoms with Crippen molar-refractivity contribution >= 4 is 11.0 Å². The Hall–Kier alpha value is -1.58. The Morgan fingerprint density at radius 2 is 2.33 bits per heavy atom. The molecular weight excluding hydrogens is 154 g/mol. The second-order valence-corrected chi connectivity index (χ2v) is 2.83. The molecule has 0 saturated heterocycles. The van der Waals surface area contributed by atoms with Crippen LogP contribution in [0.3, 0.4) is 0 Å². The molecule has 0 radical (unpaired) electrons. The van der Waals surface area contributed by atoms with Crippen molar-refractivity contribution in [2.75, 3.05) is 0 Å². The van der Waals surface area contributed by atoms with Crippen molar-refractivity contribution in [3.63, 3.8) is 0 Å². The van der Waals surface area contributed by atoms with Crippen LogP contribution in [0.1, 0.15) is 5.69 Å². The summed E-state index contributed by atoms with van der Waals surface area (Å²) in [6.45, 7) is 1.90. The van der Waals surface area contributed by atoms with Crippen molar-refractivity contribution < 1.29 is 0 Å². The number of hydrogen-bond acceptors (Lipinski definition) is 2. The smallest absolute Gasteiger partial charge is 0.304 e. The Bertz CT molecular complexity index is 480. The SMILES string of the molecule is Cc1cc2c(cn1)[nH]c(=O)n2C. The average Bonchev–Trinajstić information content (AvgIpc) is 2.31. The number of nitrogens with one attached hydrogen (secondary N) is 1. The van der Waals surface area contributed by atoms with Crippen molar-refractivity contribution in [2.24, 2.45) is 7.05 Å². The number of rotatable bonds is 0. The molecule has 1 N–H and O–H groups in total. The zero-order valence-electron chi connectivity index (χ0n) is 6.96. The van der Waals surface area contributed by atoms with Gasteiger partial charge >= 0.3 is 5.69 Å². The van der Waals surface area contributed by atoms with Gasteiger partial charge in [-0.2, -0.15) is 0 Å². The number of nitrogens with zero attached hydrogens (tertiary/aromatic N) is 2. The second kappa shape index (κ2) is 2.20. The van der Waals surface area contributed by atoms with Gasteiger partial charge in [-0.1, -0.05) is 0 Å². The molecule has 0 aromatic carbocycles. The lowest BCUT2D eigenvalue weighted by atomic mass is 10.3. The third-order valence-corrected chi connectivity index (χ3v) is 1.93. The number of aromatic nitrogens is 3. The molecule has 62 valence electrons. The highest BCUT2D eigenvalue weighted by Crippen LogP contribution is 2.07. The first-order valence-electron chi connectivity index (χ1n) is 3.70. The van der Waals surface area contributed by atoms with Crippen LogP contribution in [0.25, 0.3) is 11.0 Å². The fourth-order valence-electron chi connectivity index (χ4n) is 1.23. The van der Waals surface area contributed by atoms with Crippen molar-refractivity contribution in [3.8, 4) is 0 Å². The highest BCUT2D eigenvalue weighted by atomic mass is 16.1. The lowest BCUT2D eigenvalue weighted by Gasteiger charge is -1.93. The number of pyridine rings is 1. The van der Waals surface area contributed by atoms with E-state index in [0.717, 1.165) is 16.7 Å². The molecule has 0 saturated carbocycles.